The SMILES string of the molecule is O=P([O-])([O-])[O-].O=P([O-])([O-])[O-].[Ca+2].[Mg+2].[Mg+2]. The van der Waals surface area contributed by atoms with Gasteiger partial charge in [0.1, 0.15) is 0 Å². The molecule has 0 saturated carbocycles. The maximum atomic E-state index is 8.55. The summed E-state index contributed by atoms with van der Waals surface area (Å²) in [7, 11) is -10.8. The quantitative estimate of drug-likeness (QED) is 0.310. The van der Waals surface area contributed by atoms with Crippen LogP contribution in [0.1, 0.15) is 0 Å². The normalized spacial score (nSPS) is 9.08. The van der Waals surface area contributed by atoms with E-state index in [9.17, 15) is 0 Å². The fourth-order valence-corrected chi connectivity index (χ4v) is 0. The van der Waals surface area contributed by atoms with Crippen molar-refractivity contribution >= 4 is 99.5 Å². The third-order valence-corrected chi connectivity index (χ3v) is 0. The Hall–Kier alpha value is 3.01. The van der Waals surface area contributed by atoms with Crippen LogP contribution in [-0.4, -0.2) is 83.8 Å². The summed E-state index contributed by atoms with van der Waals surface area (Å²) in [4.78, 5) is 51.3. The predicted octanol–water partition coefficient (Wildman–Crippen LogP) is -6.79. The molecule has 0 N–H and O–H groups in total. The molecule has 0 bridgehead atoms. The van der Waals surface area contributed by atoms with Crippen LogP contribution in [0, 0.1) is 0 Å². The topological polar surface area (TPSA) is 172 Å². The largest absolute Gasteiger partial charge is 2.00 e. The summed E-state index contributed by atoms with van der Waals surface area (Å²) in [6.07, 6.45) is 0. The first-order chi connectivity index (χ1) is 4.00. The second-order valence-electron chi connectivity index (χ2n) is 0.894. The van der Waals surface area contributed by atoms with Gasteiger partial charge in [-0.1, -0.05) is 0 Å². The van der Waals surface area contributed by atoms with Gasteiger partial charge in [-0.15, -0.1) is 0 Å². The molecule has 0 aromatic heterocycles. The molecule has 0 rings (SSSR count). The molecule has 0 aliphatic rings. The number of rotatable bonds is 0. The van der Waals surface area contributed by atoms with Gasteiger partial charge in [0.05, 0.1) is 0 Å². The molecule has 13 heteroatoms. The van der Waals surface area contributed by atoms with E-state index in [1.165, 1.54) is 0 Å². The third kappa shape index (κ3) is 280. The predicted molar refractivity (Wildman–Crippen MR) is 32.5 cm³/mol. The standard InChI is InChI=1S/Ca.2Mg.2H3O4P/c;;;2*1-5(2,3)4/h;;;2*(H3,1,2,3,4)/q3*+2;;/p-6. The fourth-order valence-electron chi connectivity index (χ4n) is 0. The van der Waals surface area contributed by atoms with Crippen LogP contribution in [0.15, 0.2) is 0 Å². The van der Waals surface area contributed by atoms with E-state index >= 15 is 0 Å². The van der Waals surface area contributed by atoms with Gasteiger partial charge in [0, 0.05) is 0 Å². The van der Waals surface area contributed by atoms with Crippen molar-refractivity contribution in [3.63, 3.8) is 0 Å². The first kappa shape index (κ1) is 29.8. The minimum Gasteiger partial charge on any atom is -0.822 e. The minimum atomic E-state index is -5.39. The zero-order valence-electron chi connectivity index (χ0n) is 6.28. The molecule has 8 nitrogen and oxygen atoms in total. The first-order valence-corrected chi connectivity index (χ1v) is 4.38. The monoisotopic (exact) mass is 278 g/mol. The maximum Gasteiger partial charge on any atom is 2.00 e. The average molecular weight is 279 g/mol. The van der Waals surface area contributed by atoms with Crippen molar-refractivity contribution in [2.75, 3.05) is 0 Å². The number of hydrogen-bond acceptors (Lipinski definition) is 8. The van der Waals surface area contributed by atoms with Crippen molar-refractivity contribution in [2.45, 2.75) is 0 Å². The Bertz CT molecular complexity index is 132. The van der Waals surface area contributed by atoms with E-state index in [0.29, 0.717) is 0 Å². The molecule has 0 aliphatic carbocycles. The summed E-state index contributed by atoms with van der Waals surface area (Å²) in [6, 6.07) is 0. The smallest absolute Gasteiger partial charge is 0.822 e. The molecule has 0 atom stereocenters. The van der Waals surface area contributed by atoms with Gasteiger partial charge in [-0.25, -0.2) is 0 Å². The van der Waals surface area contributed by atoms with Crippen molar-refractivity contribution in [1.29, 1.82) is 0 Å². The van der Waals surface area contributed by atoms with Crippen LogP contribution in [0.5, 0.6) is 0 Å². The van der Waals surface area contributed by atoms with Crippen molar-refractivity contribution in [3.8, 4) is 0 Å². The van der Waals surface area contributed by atoms with Crippen LogP contribution < -0.4 is 29.4 Å². The molecule has 0 saturated heterocycles. The zero-order chi connectivity index (χ0) is 9.00. The van der Waals surface area contributed by atoms with Crippen LogP contribution in [0.3, 0.4) is 0 Å². The zero-order valence-corrected chi connectivity index (χ0v) is 13.1. The van der Waals surface area contributed by atoms with E-state index in [4.69, 9.17) is 38.5 Å². The molecule has 64 valence electrons. The molecule has 0 aromatic rings. The van der Waals surface area contributed by atoms with Crippen molar-refractivity contribution in [2.24, 2.45) is 0 Å². The summed E-state index contributed by atoms with van der Waals surface area (Å²) in [5, 5.41) is 0. The maximum absolute atomic E-state index is 8.55. The number of phosphoric acid groups is 2. The van der Waals surface area contributed by atoms with Gasteiger partial charge in [-0.3, -0.25) is 0 Å². The molecular formula is CaMg2O8P2. The van der Waals surface area contributed by atoms with Crippen LogP contribution in [-0.2, 0) is 9.13 Å². The van der Waals surface area contributed by atoms with Crippen LogP contribution in [0.25, 0.3) is 0 Å². The second-order valence-corrected chi connectivity index (χ2v) is 2.68. The van der Waals surface area contributed by atoms with E-state index < -0.39 is 15.6 Å². The molecule has 0 unspecified atom stereocenters. The Kier molecular flexibility index (Phi) is 29.9. The molecule has 0 amide bonds. The van der Waals surface area contributed by atoms with Gasteiger partial charge in [0.25, 0.3) is 0 Å². The molecule has 0 aromatic carbocycles. The molecular weight excluding hydrogens is 279 g/mol. The number of hydrogen-bond donors (Lipinski definition) is 0. The van der Waals surface area contributed by atoms with Crippen LogP contribution in [0.4, 0.5) is 0 Å². The van der Waals surface area contributed by atoms with Crippen LogP contribution in [0.2, 0.25) is 0 Å². The van der Waals surface area contributed by atoms with Gasteiger partial charge in [0.15, 0.2) is 0 Å². The Morgan fingerprint density at radius 2 is 0.615 bits per heavy atom. The summed E-state index contributed by atoms with van der Waals surface area (Å²) in [5.41, 5.74) is 0. The minimum absolute atomic E-state index is 0. The molecule has 0 spiro atoms. The molecule has 13 heavy (non-hydrogen) atoms. The first-order valence-electron chi connectivity index (χ1n) is 1.46. The van der Waals surface area contributed by atoms with E-state index in [1.54, 1.807) is 0 Å². The Labute approximate surface area is 136 Å². The summed E-state index contributed by atoms with van der Waals surface area (Å²) < 4.78 is 17.1. The molecule has 0 aliphatic heterocycles. The Morgan fingerprint density at radius 1 is 0.615 bits per heavy atom. The summed E-state index contributed by atoms with van der Waals surface area (Å²) >= 11 is 0. The van der Waals surface area contributed by atoms with Gasteiger partial charge >= 0.3 is 83.8 Å². The van der Waals surface area contributed by atoms with Gasteiger partial charge < -0.3 is 38.5 Å². The van der Waals surface area contributed by atoms with Gasteiger partial charge in [-0.2, -0.15) is 15.6 Å². The van der Waals surface area contributed by atoms with Crippen molar-refractivity contribution < 1.29 is 38.5 Å². The van der Waals surface area contributed by atoms with E-state index in [0.717, 1.165) is 0 Å². The summed E-state index contributed by atoms with van der Waals surface area (Å²) in [6.45, 7) is 0. The van der Waals surface area contributed by atoms with Crippen molar-refractivity contribution in [3.05, 3.63) is 0 Å². The Morgan fingerprint density at radius 3 is 0.615 bits per heavy atom. The summed E-state index contributed by atoms with van der Waals surface area (Å²) in [5.74, 6) is 0. The average Bonchev–Trinajstić information content (AvgIpc) is 1.12. The van der Waals surface area contributed by atoms with E-state index in [2.05, 4.69) is 0 Å². The van der Waals surface area contributed by atoms with E-state index in [1.807, 2.05) is 0 Å². The molecule has 0 heterocycles. The van der Waals surface area contributed by atoms with Crippen LogP contribution >= 0.6 is 15.6 Å². The van der Waals surface area contributed by atoms with Gasteiger partial charge in [0.2, 0.25) is 0 Å². The molecule has 0 fully saturated rings. The van der Waals surface area contributed by atoms with Crippen molar-refractivity contribution in [1.82, 2.24) is 0 Å². The molecule has 0 radical (unpaired) electrons. The fraction of sp³-hybridized carbons (Fsp3) is 0. The van der Waals surface area contributed by atoms with E-state index in [-0.39, 0.29) is 83.8 Å². The van der Waals surface area contributed by atoms with Gasteiger partial charge in [-0.05, 0) is 0 Å². The Balaban J connectivity index is -0.0000000267. The third-order valence-electron chi connectivity index (χ3n) is 0. The second kappa shape index (κ2) is 13.1.